The highest BCUT2D eigenvalue weighted by Crippen LogP contribution is 2.27. The van der Waals surface area contributed by atoms with Crippen LogP contribution in [0.25, 0.3) is 0 Å². The minimum absolute atomic E-state index is 0.286. The van der Waals surface area contributed by atoms with Gasteiger partial charge in [-0.15, -0.1) is 0 Å². The van der Waals surface area contributed by atoms with Crippen LogP contribution in [0.2, 0.25) is 0 Å². The van der Waals surface area contributed by atoms with Crippen LogP contribution in [-0.4, -0.2) is 108 Å². The van der Waals surface area contributed by atoms with Gasteiger partial charge in [0, 0.05) is 58.6 Å². The van der Waals surface area contributed by atoms with Crippen molar-refractivity contribution in [2.45, 2.75) is 37.7 Å². The van der Waals surface area contributed by atoms with E-state index in [1.165, 1.54) is 12.8 Å². The Bertz CT molecular complexity index is 508. The van der Waals surface area contributed by atoms with Gasteiger partial charge in [0.15, 0.2) is 5.96 Å². The molecule has 154 valence electrons. The molecule has 0 aromatic carbocycles. The predicted molar refractivity (Wildman–Crippen MR) is 111 cm³/mol. The van der Waals surface area contributed by atoms with Gasteiger partial charge in [0.1, 0.15) is 0 Å². The first-order valence-corrected chi connectivity index (χ1v) is 11.5. The van der Waals surface area contributed by atoms with Crippen molar-refractivity contribution in [3.63, 3.8) is 0 Å². The van der Waals surface area contributed by atoms with E-state index in [-0.39, 0.29) is 5.91 Å². The van der Waals surface area contributed by atoms with E-state index in [1.807, 2.05) is 11.8 Å². The Morgan fingerprint density at radius 2 is 1.78 bits per heavy atom. The lowest BCUT2D eigenvalue weighted by molar-refractivity contribution is -0.132. The molecule has 3 heterocycles. The first-order valence-electron chi connectivity index (χ1n) is 10.4. The standard InChI is InChI=1S/C19H35N5O2S/c1-20-18(21-15-19(26)6-13-27-16-19)24-11-9-22(10-12-24)14-17(25)23-7-4-2-3-5-8-23/h26H,2-16H2,1H3,(H,20,21). The van der Waals surface area contributed by atoms with E-state index < -0.39 is 5.60 Å². The van der Waals surface area contributed by atoms with Crippen LogP contribution in [0, 0.1) is 0 Å². The highest BCUT2D eigenvalue weighted by Gasteiger charge is 2.32. The summed E-state index contributed by atoms with van der Waals surface area (Å²) in [7, 11) is 1.80. The molecular formula is C19H35N5O2S. The molecular weight excluding hydrogens is 362 g/mol. The lowest BCUT2D eigenvalue weighted by Crippen LogP contribution is -2.56. The largest absolute Gasteiger partial charge is 0.387 e. The summed E-state index contributed by atoms with van der Waals surface area (Å²) in [5.41, 5.74) is -0.609. The van der Waals surface area contributed by atoms with E-state index in [0.717, 1.165) is 76.0 Å². The average molecular weight is 398 g/mol. The van der Waals surface area contributed by atoms with Crippen LogP contribution in [-0.2, 0) is 4.79 Å². The summed E-state index contributed by atoms with van der Waals surface area (Å²) in [6, 6.07) is 0. The van der Waals surface area contributed by atoms with Gasteiger partial charge in [-0.2, -0.15) is 11.8 Å². The first kappa shape index (κ1) is 20.7. The van der Waals surface area contributed by atoms with Crippen LogP contribution in [0.4, 0.5) is 0 Å². The molecule has 1 atom stereocenters. The van der Waals surface area contributed by atoms with Crippen molar-refractivity contribution in [3.05, 3.63) is 0 Å². The number of aliphatic hydroxyl groups is 1. The molecule has 0 spiro atoms. The van der Waals surface area contributed by atoms with Crippen molar-refractivity contribution >= 4 is 23.6 Å². The van der Waals surface area contributed by atoms with Gasteiger partial charge >= 0.3 is 0 Å². The fraction of sp³-hybridized carbons (Fsp3) is 0.895. The number of aliphatic imine (C=N–C) groups is 1. The van der Waals surface area contributed by atoms with Gasteiger partial charge in [-0.1, -0.05) is 12.8 Å². The predicted octanol–water partition coefficient (Wildman–Crippen LogP) is 0.450. The fourth-order valence-electron chi connectivity index (χ4n) is 4.04. The molecule has 0 radical (unpaired) electrons. The summed E-state index contributed by atoms with van der Waals surface area (Å²) in [5, 5.41) is 13.9. The molecule has 2 N–H and O–H groups in total. The van der Waals surface area contributed by atoms with Crippen LogP contribution in [0.3, 0.4) is 0 Å². The molecule has 8 heteroatoms. The monoisotopic (exact) mass is 397 g/mol. The van der Waals surface area contributed by atoms with Crippen LogP contribution in [0.1, 0.15) is 32.1 Å². The molecule has 27 heavy (non-hydrogen) atoms. The van der Waals surface area contributed by atoms with Crippen molar-refractivity contribution in [1.29, 1.82) is 0 Å². The Hall–Kier alpha value is -0.990. The third kappa shape index (κ3) is 5.99. The van der Waals surface area contributed by atoms with Gasteiger partial charge < -0.3 is 20.2 Å². The molecule has 3 aliphatic heterocycles. The van der Waals surface area contributed by atoms with Crippen molar-refractivity contribution in [1.82, 2.24) is 20.0 Å². The van der Waals surface area contributed by atoms with Gasteiger partial charge in [-0.25, -0.2) is 0 Å². The second-order valence-electron chi connectivity index (χ2n) is 7.99. The summed E-state index contributed by atoms with van der Waals surface area (Å²) in [4.78, 5) is 23.5. The molecule has 3 saturated heterocycles. The molecule has 3 aliphatic rings. The van der Waals surface area contributed by atoms with Crippen molar-refractivity contribution in [2.24, 2.45) is 4.99 Å². The minimum Gasteiger partial charge on any atom is -0.387 e. The third-order valence-corrected chi connectivity index (χ3v) is 7.09. The van der Waals surface area contributed by atoms with Gasteiger partial charge in [0.25, 0.3) is 0 Å². The van der Waals surface area contributed by atoms with E-state index in [4.69, 9.17) is 0 Å². The number of nitrogens with one attached hydrogen (secondary N) is 1. The fourth-order valence-corrected chi connectivity index (χ4v) is 5.34. The quantitative estimate of drug-likeness (QED) is 0.530. The molecule has 3 rings (SSSR count). The van der Waals surface area contributed by atoms with E-state index >= 15 is 0 Å². The molecule has 1 amide bonds. The van der Waals surface area contributed by atoms with E-state index in [0.29, 0.717) is 13.1 Å². The van der Waals surface area contributed by atoms with E-state index in [1.54, 1.807) is 7.05 Å². The molecule has 0 aliphatic carbocycles. The Labute approximate surface area is 167 Å². The van der Waals surface area contributed by atoms with Gasteiger partial charge in [0.05, 0.1) is 12.1 Å². The van der Waals surface area contributed by atoms with Gasteiger partial charge in [-0.3, -0.25) is 14.7 Å². The van der Waals surface area contributed by atoms with Gasteiger partial charge in [-0.05, 0) is 25.0 Å². The van der Waals surface area contributed by atoms with E-state index in [2.05, 4.69) is 25.0 Å². The van der Waals surface area contributed by atoms with E-state index in [9.17, 15) is 9.90 Å². The molecule has 1 unspecified atom stereocenters. The van der Waals surface area contributed by atoms with Crippen LogP contribution in [0.15, 0.2) is 4.99 Å². The number of likely N-dealkylation sites (tertiary alicyclic amines) is 1. The Morgan fingerprint density at radius 1 is 1.07 bits per heavy atom. The minimum atomic E-state index is -0.609. The Kier molecular flexibility index (Phi) is 7.66. The second kappa shape index (κ2) is 9.98. The molecule has 0 saturated carbocycles. The zero-order valence-electron chi connectivity index (χ0n) is 16.7. The highest BCUT2D eigenvalue weighted by atomic mass is 32.2. The molecule has 0 aromatic rings. The number of thioether (sulfide) groups is 1. The molecule has 0 bridgehead atoms. The summed E-state index contributed by atoms with van der Waals surface area (Å²) in [6.07, 6.45) is 5.64. The smallest absolute Gasteiger partial charge is 0.236 e. The van der Waals surface area contributed by atoms with Crippen molar-refractivity contribution < 1.29 is 9.90 Å². The topological polar surface area (TPSA) is 71.4 Å². The number of guanidine groups is 1. The number of hydrogen-bond acceptors (Lipinski definition) is 5. The first-order chi connectivity index (χ1) is 13.1. The highest BCUT2D eigenvalue weighted by molar-refractivity contribution is 7.99. The summed E-state index contributed by atoms with van der Waals surface area (Å²) in [6.45, 7) is 6.42. The molecule has 7 nitrogen and oxygen atoms in total. The second-order valence-corrected chi connectivity index (χ2v) is 9.09. The number of rotatable bonds is 4. The van der Waals surface area contributed by atoms with Gasteiger partial charge in [0.2, 0.25) is 5.91 Å². The number of piperazine rings is 1. The molecule has 0 aromatic heterocycles. The zero-order chi connectivity index (χ0) is 19.1. The number of hydrogen-bond donors (Lipinski definition) is 2. The summed E-state index contributed by atoms with van der Waals surface area (Å²) < 4.78 is 0. The Morgan fingerprint density at radius 3 is 2.37 bits per heavy atom. The number of amides is 1. The van der Waals surface area contributed by atoms with Crippen LogP contribution in [0.5, 0.6) is 0 Å². The SMILES string of the molecule is CN=C(NCC1(O)CCSC1)N1CCN(CC(=O)N2CCCCCC2)CC1. The molecule has 3 fully saturated rings. The number of carbonyl (C=O) groups is 1. The van der Waals surface area contributed by atoms with Crippen LogP contribution < -0.4 is 5.32 Å². The maximum absolute atomic E-state index is 12.6. The third-order valence-electron chi connectivity index (χ3n) is 5.86. The normalized spacial score (nSPS) is 28.3. The van der Waals surface area contributed by atoms with Crippen molar-refractivity contribution in [3.8, 4) is 0 Å². The maximum Gasteiger partial charge on any atom is 0.236 e. The Balaban J connectivity index is 1.41. The summed E-state index contributed by atoms with van der Waals surface area (Å²) in [5.74, 6) is 2.97. The number of nitrogens with zero attached hydrogens (tertiary/aromatic N) is 4. The lowest BCUT2D eigenvalue weighted by atomic mass is 10.0. The summed E-state index contributed by atoms with van der Waals surface area (Å²) >= 11 is 1.81. The lowest BCUT2D eigenvalue weighted by Gasteiger charge is -2.37. The van der Waals surface area contributed by atoms with Crippen molar-refractivity contribution in [2.75, 3.05) is 70.9 Å². The maximum atomic E-state index is 12.6. The van der Waals surface area contributed by atoms with Crippen LogP contribution >= 0.6 is 11.8 Å². The average Bonchev–Trinajstić information content (AvgIpc) is 2.94. The number of carbonyl (C=O) groups excluding carboxylic acids is 1. The zero-order valence-corrected chi connectivity index (χ0v) is 17.5.